The van der Waals surface area contributed by atoms with Gasteiger partial charge in [-0.1, -0.05) is 39.0 Å². The third kappa shape index (κ3) is 9.73. The molecule has 1 amide bonds. The fourth-order valence-electron chi connectivity index (χ4n) is 8.28. The van der Waals surface area contributed by atoms with E-state index < -0.39 is 37.2 Å². The van der Waals surface area contributed by atoms with Crippen LogP contribution in [0.4, 0.5) is 5.69 Å². The molecule has 2 aliphatic heterocycles. The van der Waals surface area contributed by atoms with Crippen molar-refractivity contribution in [3.63, 3.8) is 0 Å². The second-order valence-electron chi connectivity index (χ2n) is 16.3. The van der Waals surface area contributed by atoms with Gasteiger partial charge in [-0.25, -0.2) is 21.4 Å². The second-order valence-corrected chi connectivity index (χ2v) is 19.3. The van der Waals surface area contributed by atoms with Gasteiger partial charge in [0.05, 0.1) is 20.2 Å². The van der Waals surface area contributed by atoms with E-state index in [0.717, 1.165) is 94.0 Å². The minimum atomic E-state index is -4.32. The van der Waals surface area contributed by atoms with E-state index in [1.165, 1.54) is 0 Å². The van der Waals surface area contributed by atoms with Crippen LogP contribution in [-0.4, -0.2) is 93.8 Å². The van der Waals surface area contributed by atoms with Gasteiger partial charge < -0.3 is 18.9 Å². The van der Waals surface area contributed by atoms with Gasteiger partial charge in [-0.2, -0.15) is 0 Å². The number of aryl methyl sites for hydroxylation is 2. The molecule has 55 heavy (non-hydrogen) atoms. The third-order valence-electron chi connectivity index (χ3n) is 11.1. The Labute approximate surface area is 325 Å². The summed E-state index contributed by atoms with van der Waals surface area (Å²) in [5.41, 5.74) is 8.40. The van der Waals surface area contributed by atoms with E-state index >= 15 is 0 Å². The molecule has 2 heterocycles. The fraction of sp³-hybridized carbons (Fsp3) is 0.500. The Balaban J connectivity index is 1.47. The first-order chi connectivity index (χ1) is 25.9. The lowest BCUT2D eigenvalue weighted by Crippen LogP contribution is -2.41. The molecule has 13 heteroatoms. The number of ketones is 1. The van der Waals surface area contributed by atoms with Crippen LogP contribution in [0.1, 0.15) is 103 Å². The van der Waals surface area contributed by atoms with Crippen molar-refractivity contribution >= 4 is 43.2 Å². The molecule has 3 aliphatic rings. The van der Waals surface area contributed by atoms with Crippen LogP contribution in [0.2, 0.25) is 0 Å². The van der Waals surface area contributed by atoms with E-state index in [0.29, 0.717) is 44.5 Å². The zero-order chi connectivity index (χ0) is 39.7. The zero-order valence-corrected chi connectivity index (χ0v) is 34.0. The molecule has 0 bridgehead atoms. The van der Waals surface area contributed by atoms with E-state index in [2.05, 4.69) is 33.7 Å². The van der Waals surface area contributed by atoms with Crippen molar-refractivity contribution in [3.05, 3.63) is 98.1 Å². The first-order valence-electron chi connectivity index (χ1n) is 19.3. The van der Waals surface area contributed by atoms with Crippen molar-refractivity contribution in [1.82, 2.24) is 9.48 Å². The van der Waals surface area contributed by atoms with E-state index in [4.69, 9.17) is 0 Å². The van der Waals surface area contributed by atoms with Crippen molar-refractivity contribution in [2.24, 2.45) is 5.41 Å². The molecule has 0 spiro atoms. The maximum Gasteiger partial charge on any atom is 0.254 e. The summed E-state index contributed by atoms with van der Waals surface area (Å²) in [6.45, 7) is 8.57. The summed E-state index contributed by atoms with van der Waals surface area (Å²) in [6.07, 6.45) is 5.50. The van der Waals surface area contributed by atoms with E-state index in [1.807, 2.05) is 45.0 Å². The van der Waals surface area contributed by atoms with Crippen molar-refractivity contribution in [3.8, 4) is 0 Å². The number of benzene rings is 3. The summed E-state index contributed by atoms with van der Waals surface area (Å²) in [5, 5.41) is 2.07. The number of carbonyl (C=O) groups is 2. The van der Waals surface area contributed by atoms with Crippen LogP contribution in [0.15, 0.2) is 48.5 Å². The second kappa shape index (κ2) is 16.3. The predicted octanol–water partition coefficient (Wildman–Crippen LogP) is 3.37. The van der Waals surface area contributed by atoms with Crippen LogP contribution in [0.5, 0.6) is 0 Å². The minimum absolute atomic E-state index is 0.130. The smallest absolute Gasteiger partial charge is 0.254 e. The molecule has 0 saturated heterocycles. The quantitative estimate of drug-likeness (QED) is 0.138. The molecule has 0 fully saturated rings. The number of amides is 1. The Morgan fingerprint density at radius 3 is 2.27 bits per heavy atom. The Morgan fingerprint density at radius 2 is 1.55 bits per heavy atom. The van der Waals surface area contributed by atoms with Crippen LogP contribution < -0.4 is 20.1 Å². The molecule has 0 atom stereocenters. The maximum atomic E-state index is 14.3. The Morgan fingerprint density at radius 1 is 0.836 bits per heavy atom. The highest BCUT2D eigenvalue weighted by atomic mass is 32.2. The number of rotatable bonds is 14. The van der Waals surface area contributed by atoms with Gasteiger partial charge in [-0.15, -0.1) is 0 Å². The van der Waals surface area contributed by atoms with Crippen LogP contribution in [0.3, 0.4) is 0 Å². The van der Waals surface area contributed by atoms with Crippen molar-refractivity contribution in [2.75, 3.05) is 56.2 Å². The Kier molecular flexibility index (Phi) is 12.1. The van der Waals surface area contributed by atoms with Crippen LogP contribution in [0, 0.1) is 5.41 Å². The molecule has 6 rings (SSSR count). The highest BCUT2D eigenvalue weighted by molar-refractivity contribution is 7.85. The monoisotopic (exact) mass is 790 g/mol. The fourth-order valence-corrected chi connectivity index (χ4v) is 9.24. The Hall–Kier alpha value is -3.91. The number of hydrogen-bond donors (Lipinski definition) is 0. The molecule has 1 aliphatic carbocycles. The summed E-state index contributed by atoms with van der Waals surface area (Å²) in [5.74, 6) is -0.794. The highest BCUT2D eigenvalue weighted by Crippen LogP contribution is 2.38. The molecule has 3 aromatic rings. The summed E-state index contributed by atoms with van der Waals surface area (Å²) < 4.78 is 70.6. The van der Waals surface area contributed by atoms with E-state index in [-0.39, 0.29) is 24.5 Å². The molecule has 3 aromatic carbocycles. The molecular formula is C42H52N3O8S2-. The molecule has 11 nitrogen and oxygen atoms in total. The number of anilines is 1. The van der Waals surface area contributed by atoms with Crippen molar-refractivity contribution in [1.29, 1.82) is 0 Å². The predicted molar refractivity (Wildman–Crippen MR) is 212 cm³/mol. The topological polar surface area (TPSA) is 158 Å². The highest BCUT2D eigenvalue weighted by Gasteiger charge is 2.29. The summed E-state index contributed by atoms with van der Waals surface area (Å²) in [7, 11) is -6.87. The Bertz CT molecular complexity index is 2350. The summed E-state index contributed by atoms with van der Waals surface area (Å²) in [6, 6.07) is 16.5. The SMILES string of the molecule is CN(CCCC(=O)C(C)(C)C)C(=O)c1ccccc1C1=c2cc3c(cc2Cc2cc4c(cc21)CCCN4CCCS(=O)(=O)[O-])=[N+](CCCS(=O)(=O)[O-])CCC3. The van der Waals surface area contributed by atoms with Gasteiger partial charge in [-0.3, -0.25) is 9.59 Å². The normalized spacial score (nSPS) is 15.6. The van der Waals surface area contributed by atoms with Crippen LogP contribution in [0.25, 0.3) is 5.57 Å². The molecule has 0 saturated carbocycles. The van der Waals surface area contributed by atoms with E-state index in [1.54, 1.807) is 11.9 Å². The summed E-state index contributed by atoms with van der Waals surface area (Å²) in [4.78, 5) is 30.8. The van der Waals surface area contributed by atoms with Gasteiger partial charge in [0.1, 0.15) is 18.9 Å². The minimum Gasteiger partial charge on any atom is -0.748 e. The lowest BCUT2D eigenvalue weighted by Gasteiger charge is -2.34. The van der Waals surface area contributed by atoms with Gasteiger partial charge >= 0.3 is 0 Å². The molecule has 0 unspecified atom stereocenters. The van der Waals surface area contributed by atoms with E-state index in [9.17, 15) is 35.5 Å². The van der Waals surface area contributed by atoms with Gasteiger partial charge in [0.15, 0.2) is 0 Å². The molecular weight excluding hydrogens is 739 g/mol. The average molecular weight is 791 g/mol. The van der Waals surface area contributed by atoms with Gasteiger partial charge in [0.25, 0.3) is 5.91 Å². The largest absolute Gasteiger partial charge is 0.748 e. The maximum absolute atomic E-state index is 14.3. The first kappa shape index (κ1) is 40.7. The lowest BCUT2D eigenvalue weighted by atomic mass is 9.79. The van der Waals surface area contributed by atoms with Gasteiger partial charge in [-0.05, 0) is 101 Å². The number of fused-ring (bicyclic) bond motifs is 4. The summed E-state index contributed by atoms with van der Waals surface area (Å²) >= 11 is 0. The number of hydrogen-bond acceptors (Lipinski definition) is 9. The number of carbonyl (C=O) groups excluding carboxylic acids is 2. The lowest BCUT2D eigenvalue weighted by molar-refractivity contribution is -0.126. The van der Waals surface area contributed by atoms with Gasteiger partial charge in [0.2, 0.25) is 5.36 Å². The number of Topliss-reactive ketones (excluding diaryl/α,β-unsaturated/α-hetero) is 1. The molecule has 0 radical (unpaired) electrons. The molecule has 0 N–H and O–H groups in total. The third-order valence-corrected chi connectivity index (χ3v) is 12.7. The first-order valence-corrected chi connectivity index (χ1v) is 22.5. The van der Waals surface area contributed by atoms with Crippen molar-refractivity contribution in [2.45, 2.75) is 78.6 Å². The average Bonchev–Trinajstić information content (AvgIpc) is 3.11. The van der Waals surface area contributed by atoms with Crippen LogP contribution >= 0.6 is 0 Å². The van der Waals surface area contributed by atoms with Crippen LogP contribution in [-0.2, 0) is 44.3 Å². The number of nitrogens with zero attached hydrogens (tertiary/aromatic N) is 3. The van der Waals surface area contributed by atoms with Crippen molar-refractivity contribution < 1.29 is 35.5 Å². The molecule has 0 aromatic heterocycles. The molecule has 296 valence electrons. The zero-order valence-electron chi connectivity index (χ0n) is 32.4. The van der Waals surface area contributed by atoms with Gasteiger partial charge in [0, 0.05) is 85.7 Å². The standard InChI is InChI=1S/C42H53N3O8S2/c1-42(2,3)39(46)16-9-17-43(4)41(47)34-15-6-5-14-33(34)40-35-25-29-12-7-18-44(20-10-22-54(48,49)50)37(29)27-31(35)24-32-28-38-30(26-36(32)40)13-8-19-45(38)21-11-23-55(51,52)53/h5-6,14-15,25-28H,7-13,16-24H2,1-4H3,(H-,48,49,50,51,52,53)/p-1.